The number of cyclic esters (lactones) is 1. The molecule has 1 N–H and O–H groups in total. The molecule has 3 aliphatic carbocycles. The predicted molar refractivity (Wildman–Crippen MR) is 114 cm³/mol. The predicted octanol–water partition coefficient (Wildman–Crippen LogP) is 4.05. The topological polar surface area (TPSA) is 65.0 Å². The van der Waals surface area contributed by atoms with Crippen LogP contribution in [-0.4, -0.2) is 43.3 Å². The van der Waals surface area contributed by atoms with E-state index < -0.39 is 17.6 Å². The van der Waals surface area contributed by atoms with Crippen molar-refractivity contribution >= 4 is 28.6 Å². The van der Waals surface area contributed by atoms with Crippen molar-refractivity contribution in [3.05, 3.63) is 33.0 Å². The summed E-state index contributed by atoms with van der Waals surface area (Å²) in [7, 11) is 1.59. The highest BCUT2D eigenvalue weighted by molar-refractivity contribution is 14.1. The van der Waals surface area contributed by atoms with Gasteiger partial charge in [-0.15, -0.1) is 0 Å². The van der Waals surface area contributed by atoms with Crippen molar-refractivity contribution in [2.45, 2.75) is 64.3 Å². The van der Waals surface area contributed by atoms with E-state index in [1.807, 2.05) is 0 Å². The molecule has 0 aromatic carbocycles. The Morgan fingerprint density at radius 2 is 2.21 bits per heavy atom. The average molecular weight is 500 g/mol. The summed E-state index contributed by atoms with van der Waals surface area (Å²) in [6.45, 7) is 8.55. The van der Waals surface area contributed by atoms with Crippen LogP contribution < -0.4 is 0 Å². The van der Waals surface area contributed by atoms with Gasteiger partial charge in [-0.2, -0.15) is 0 Å². The Morgan fingerprint density at radius 3 is 2.93 bits per heavy atom. The molecule has 0 spiro atoms. The molecule has 0 unspecified atom stereocenters. The molecule has 4 aliphatic rings. The fourth-order valence-electron chi connectivity index (χ4n) is 5.58. The molecule has 0 aromatic rings. The molecule has 0 amide bonds. The fraction of sp³-hybridized carbons (Fsp3) is 0.682. The number of allylic oxidation sites excluding steroid dienone is 2. The summed E-state index contributed by atoms with van der Waals surface area (Å²) in [6.07, 6.45) is 4.68. The van der Waals surface area contributed by atoms with Gasteiger partial charge in [0.05, 0.1) is 6.10 Å². The number of methoxy groups -OCH3 is 1. The molecule has 0 radical (unpaired) electrons. The number of ether oxygens (including phenoxy) is 3. The Kier molecular flexibility index (Phi) is 5.30. The van der Waals surface area contributed by atoms with Gasteiger partial charge in [0.15, 0.2) is 6.10 Å². The Hall–Kier alpha value is -0.700. The van der Waals surface area contributed by atoms with Crippen LogP contribution in [-0.2, 0) is 19.0 Å². The molecule has 6 heteroatoms. The molecular weight excluding hydrogens is 471 g/mol. The van der Waals surface area contributed by atoms with Gasteiger partial charge in [0.1, 0.15) is 12.9 Å². The number of aliphatic hydroxyl groups excluding tert-OH is 1. The summed E-state index contributed by atoms with van der Waals surface area (Å²) in [5.74, 6) is 0.0939. The molecule has 2 bridgehead atoms. The van der Waals surface area contributed by atoms with Crippen LogP contribution >= 0.6 is 22.6 Å². The highest BCUT2D eigenvalue weighted by Gasteiger charge is 2.58. The monoisotopic (exact) mass is 500 g/mol. The van der Waals surface area contributed by atoms with Crippen molar-refractivity contribution in [1.29, 1.82) is 0 Å². The van der Waals surface area contributed by atoms with Crippen molar-refractivity contribution < 1.29 is 24.1 Å². The Labute approximate surface area is 180 Å². The summed E-state index contributed by atoms with van der Waals surface area (Å²) < 4.78 is 18.0. The number of fused-ring (bicyclic) bond motifs is 2. The molecule has 1 fully saturated rings. The van der Waals surface area contributed by atoms with Crippen molar-refractivity contribution in [2.24, 2.45) is 16.7 Å². The van der Waals surface area contributed by atoms with Gasteiger partial charge in [-0.1, -0.05) is 32.1 Å². The quantitative estimate of drug-likeness (QED) is 0.267. The minimum absolute atomic E-state index is 0.153. The van der Waals surface area contributed by atoms with E-state index in [4.69, 9.17) is 14.2 Å². The number of carbonyl (C=O) groups is 1. The van der Waals surface area contributed by atoms with Crippen LogP contribution in [0.25, 0.3) is 0 Å². The first-order valence-corrected chi connectivity index (χ1v) is 11.1. The van der Waals surface area contributed by atoms with Crippen LogP contribution in [0.15, 0.2) is 33.0 Å². The van der Waals surface area contributed by atoms with Crippen LogP contribution in [0.5, 0.6) is 0 Å². The van der Waals surface area contributed by atoms with E-state index in [1.165, 1.54) is 5.57 Å². The van der Waals surface area contributed by atoms with Crippen molar-refractivity contribution in [1.82, 2.24) is 0 Å². The zero-order chi connectivity index (χ0) is 20.3. The molecule has 28 heavy (non-hydrogen) atoms. The first kappa shape index (κ1) is 20.6. The second-order valence-corrected chi connectivity index (χ2v) is 10.4. The fourth-order valence-corrected chi connectivity index (χ4v) is 6.57. The van der Waals surface area contributed by atoms with Crippen LogP contribution in [0.3, 0.4) is 0 Å². The molecule has 4 rings (SSSR count). The third-order valence-corrected chi connectivity index (χ3v) is 8.63. The number of hydrogen-bond acceptors (Lipinski definition) is 5. The van der Waals surface area contributed by atoms with Gasteiger partial charge >= 0.3 is 5.97 Å². The Balaban J connectivity index is 1.74. The van der Waals surface area contributed by atoms with Crippen LogP contribution in [0, 0.1) is 16.7 Å². The van der Waals surface area contributed by atoms with Crippen LogP contribution in [0.1, 0.15) is 46.0 Å². The van der Waals surface area contributed by atoms with E-state index in [0.717, 1.165) is 41.3 Å². The SMILES string of the molecule is C=C1C[C@]2([C@H](O)[C@H]3OC(=O)C4=C3[C@@H](OCOC)CCC4(C)C)C[C@H]1CC=C2I. The van der Waals surface area contributed by atoms with E-state index in [2.05, 4.69) is 49.1 Å². The van der Waals surface area contributed by atoms with Crippen molar-refractivity contribution in [3.8, 4) is 0 Å². The standard InChI is InChI=1S/C22H29IO5/c1-12-9-22(10-13(12)5-6-15(22)23)19(24)18-16-14(27-11-26-4)7-8-21(2,3)17(16)20(25)28-18/h6,13-14,18-19,24H,1,5,7-11H2,2-4H3/t13-,14+,18+,19-,22+/m1/s1. The van der Waals surface area contributed by atoms with E-state index in [1.54, 1.807) is 7.11 Å². The number of rotatable bonds is 5. The van der Waals surface area contributed by atoms with Crippen LogP contribution in [0.2, 0.25) is 0 Å². The van der Waals surface area contributed by atoms with Gasteiger partial charge in [0.2, 0.25) is 0 Å². The molecule has 0 saturated heterocycles. The van der Waals surface area contributed by atoms with E-state index in [-0.39, 0.29) is 24.3 Å². The number of carbonyl (C=O) groups excluding carboxylic acids is 1. The van der Waals surface area contributed by atoms with Gasteiger partial charge < -0.3 is 19.3 Å². The molecule has 1 aliphatic heterocycles. The van der Waals surface area contributed by atoms with Crippen molar-refractivity contribution in [2.75, 3.05) is 13.9 Å². The minimum Gasteiger partial charge on any atom is -0.452 e. The Bertz CT molecular complexity index is 767. The van der Waals surface area contributed by atoms with E-state index in [0.29, 0.717) is 11.5 Å². The lowest BCUT2D eigenvalue weighted by atomic mass is 9.68. The minimum atomic E-state index is -0.809. The smallest absolute Gasteiger partial charge is 0.335 e. The highest BCUT2D eigenvalue weighted by Crippen LogP contribution is 2.60. The summed E-state index contributed by atoms with van der Waals surface area (Å²) in [5.41, 5.74) is 1.99. The number of aliphatic hydroxyl groups is 1. The molecule has 0 aromatic heterocycles. The maximum atomic E-state index is 12.9. The van der Waals surface area contributed by atoms with Gasteiger partial charge in [-0.05, 0) is 69.6 Å². The average Bonchev–Trinajstić information content (AvgIpc) is 3.14. The lowest BCUT2D eigenvalue weighted by Crippen LogP contribution is -2.46. The summed E-state index contributed by atoms with van der Waals surface area (Å²) in [4.78, 5) is 12.9. The van der Waals surface area contributed by atoms with E-state index in [9.17, 15) is 9.90 Å². The number of hydrogen-bond donors (Lipinski definition) is 1. The number of halogens is 1. The zero-order valence-corrected chi connectivity index (χ0v) is 19.0. The second-order valence-electron chi connectivity index (χ2n) is 9.27. The Morgan fingerprint density at radius 1 is 1.46 bits per heavy atom. The second kappa shape index (κ2) is 7.22. The first-order valence-electron chi connectivity index (χ1n) is 9.99. The van der Waals surface area contributed by atoms with Crippen LogP contribution in [0.4, 0.5) is 0 Å². The van der Waals surface area contributed by atoms with E-state index >= 15 is 0 Å². The van der Waals surface area contributed by atoms with Gasteiger partial charge in [0, 0.05) is 23.7 Å². The molecular formula is C22H29IO5. The van der Waals surface area contributed by atoms with Crippen molar-refractivity contribution in [3.63, 3.8) is 0 Å². The summed E-state index contributed by atoms with van der Waals surface area (Å²) in [6, 6.07) is 0. The first-order chi connectivity index (χ1) is 13.2. The third-order valence-electron chi connectivity index (χ3n) is 7.12. The molecule has 5 nitrogen and oxygen atoms in total. The van der Waals surface area contributed by atoms with Gasteiger partial charge in [-0.25, -0.2) is 4.79 Å². The maximum absolute atomic E-state index is 12.9. The van der Waals surface area contributed by atoms with Gasteiger partial charge in [-0.3, -0.25) is 0 Å². The third kappa shape index (κ3) is 3.02. The highest BCUT2D eigenvalue weighted by atomic mass is 127. The lowest BCUT2D eigenvalue weighted by molar-refractivity contribution is -0.148. The summed E-state index contributed by atoms with van der Waals surface area (Å²) >= 11 is 2.35. The number of esters is 1. The summed E-state index contributed by atoms with van der Waals surface area (Å²) in [5, 5.41) is 11.6. The molecule has 1 saturated carbocycles. The lowest BCUT2D eigenvalue weighted by Gasteiger charge is -2.41. The molecule has 154 valence electrons. The molecule has 1 heterocycles. The maximum Gasteiger partial charge on any atom is 0.335 e. The molecule has 5 atom stereocenters. The zero-order valence-electron chi connectivity index (χ0n) is 16.8. The van der Waals surface area contributed by atoms with Gasteiger partial charge in [0.25, 0.3) is 0 Å². The largest absolute Gasteiger partial charge is 0.452 e. The normalized spacial score (nSPS) is 37.6.